The van der Waals surface area contributed by atoms with Crippen molar-refractivity contribution in [2.24, 2.45) is 4.99 Å². The van der Waals surface area contributed by atoms with E-state index in [4.69, 9.17) is 0 Å². The number of hydrogen-bond acceptors (Lipinski definition) is 4. The molecule has 0 bridgehead atoms. The van der Waals surface area contributed by atoms with Crippen molar-refractivity contribution in [1.82, 2.24) is 20.6 Å². The molecule has 3 N–H and O–H groups in total. The fourth-order valence-corrected chi connectivity index (χ4v) is 1.49. The molecule has 1 rings (SSSR count). The lowest BCUT2D eigenvalue weighted by Crippen LogP contribution is -2.48. The molecule has 0 aliphatic rings. The summed E-state index contributed by atoms with van der Waals surface area (Å²) in [6.45, 7) is 6.79. The molecule has 0 aromatic carbocycles. The molecule has 6 nitrogen and oxygen atoms in total. The Morgan fingerprint density at radius 2 is 1.91 bits per heavy atom. The van der Waals surface area contributed by atoms with Gasteiger partial charge < -0.3 is 16.0 Å². The van der Waals surface area contributed by atoms with Crippen molar-refractivity contribution in [2.75, 3.05) is 25.5 Å². The van der Waals surface area contributed by atoms with Gasteiger partial charge in [0, 0.05) is 31.9 Å². The van der Waals surface area contributed by atoms with Gasteiger partial charge in [-0.15, -0.1) is 0 Å². The van der Waals surface area contributed by atoms with Crippen LogP contribution in [-0.4, -0.2) is 41.6 Å². The Hall–Kier alpha value is -2.06. The molecule has 0 saturated heterocycles. The molecule has 22 heavy (non-hydrogen) atoms. The maximum absolute atomic E-state index is 12.5. The van der Waals surface area contributed by atoms with E-state index in [2.05, 4.69) is 30.9 Å². The van der Waals surface area contributed by atoms with Crippen LogP contribution in [0.3, 0.4) is 0 Å². The number of rotatable bonds is 4. The molecule has 0 fully saturated rings. The predicted octanol–water partition coefficient (Wildman–Crippen LogP) is 1.87. The summed E-state index contributed by atoms with van der Waals surface area (Å²) in [4.78, 5) is 11.2. The van der Waals surface area contributed by atoms with Crippen molar-refractivity contribution in [2.45, 2.75) is 32.5 Å². The van der Waals surface area contributed by atoms with Gasteiger partial charge in [-0.05, 0) is 26.8 Å². The Bertz CT molecular complexity index is 507. The topological polar surface area (TPSA) is 74.2 Å². The van der Waals surface area contributed by atoms with Gasteiger partial charge in [0.1, 0.15) is 5.69 Å². The van der Waals surface area contributed by atoms with Crippen LogP contribution in [0.15, 0.2) is 17.3 Å². The fourth-order valence-electron chi connectivity index (χ4n) is 1.49. The molecule has 9 heteroatoms. The number of nitrogens with zero attached hydrogens (tertiary/aromatic N) is 3. The van der Waals surface area contributed by atoms with E-state index < -0.39 is 11.9 Å². The van der Waals surface area contributed by atoms with Crippen molar-refractivity contribution in [3.63, 3.8) is 0 Å². The van der Waals surface area contributed by atoms with Gasteiger partial charge in [-0.3, -0.25) is 4.99 Å². The van der Waals surface area contributed by atoms with Gasteiger partial charge in [0.2, 0.25) is 5.95 Å². The summed E-state index contributed by atoms with van der Waals surface area (Å²) in [5.74, 6) is 0.551. The summed E-state index contributed by atoms with van der Waals surface area (Å²) in [6, 6.07) is 0.832. The van der Waals surface area contributed by atoms with E-state index in [1.807, 2.05) is 20.8 Å². The Morgan fingerprint density at radius 3 is 2.45 bits per heavy atom. The highest BCUT2D eigenvalue weighted by Gasteiger charge is 2.32. The zero-order chi connectivity index (χ0) is 16.8. The van der Waals surface area contributed by atoms with Crippen molar-refractivity contribution < 1.29 is 13.2 Å². The first-order valence-corrected chi connectivity index (χ1v) is 6.75. The fraction of sp³-hybridized carbons (Fsp3) is 0.615. The molecule has 0 atom stereocenters. The number of anilines is 1. The highest BCUT2D eigenvalue weighted by molar-refractivity contribution is 5.80. The van der Waals surface area contributed by atoms with Gasteiger partial charge in [0.25, 0.3) is 0 Å². The summed E-state index contributed by atoms with van der Waals surface area (Å²) >= 11 is 0. The molecule has 0 aliphatic carbocycles. The van der Waals surface area contributed by atoms with Crippen LogP contribution < -0.4 is 16.0 Å². The first kappa shape index (κ1) is 18.0. The molecule has 0 unspecified atom stereocenters. The maximum Gasteiger partial charge on any atom is 0.433 e. The lowest BCUT2D eigenvalue weighted by molar-refractivity contribution is -0.141. The number of aromatic nitrogens is 2. The molecule has 124 valence electrons. The van der Waals surface area contributed by atoms with Crippen LogP contribution in [-0.2, 0) is 6.18 Å². The molecular formula is C13H21F3N6. The van der Waals surface area contributed by atoms with Crippen LogP contribution in [0.5, 0.6) is 0 Å². The van der Waals surface area contributed by atoms with Crippen LogP contribution in [0.25, 0.3) is 0 Å². The third-order valence-corrected chi connectivity index (χ3v) is 2.36. The molecule has 0 radical (unpaired) electrons. The van der Waals surface area contributed by atoms with E-state index in [1.54, 1.807) is 7.05 Å². The number of halogens is 3. The van der Waals surface area contributed by atoms with Crippen molar-refractivity contribution >= 4 is 11.9 Å². The minimum atomic E-state index is -4.48. The smallest absolute Gasteiger partial charge is 0.355 e. The molecule has 1 aromatic heterocycles. The zero-order valence-corrected chi connectivity index (χ0v) is 13.0. The van der Waals surface area contributed by atoms with Gasteiger partial charge in [-0.2, -0.15) is 13.2 Å². The van der Waals surface area contributed by atoms with E-state index in [1.165, 1.54) is 0 Å². The van der Waals surface area contributed by atoms with E-state index in [0.29, 0.717) is 19.0 Å². The molecule has 0 spiro atoms. The monoisotopic (exact) mass is 318 g/mol. The lowest BCUT2D eigenvalue weighted by Gasteiger charge is -2.23. The first-order chi connectivity index (χ1) is 10.1. The highest BCUT2D eigenvalue weighted by Crippen LogP contribution is 2.27. The second-order valence-electron chi connectivity index (χ2n) is 5.56. The van der Waals surface area contributed by atoms with Crippen LogP contribution in [0.2, 0.25) is 0 Å². The Labute approximate surface area is 127 Å². The number of nitrogens with one attached hydrogen (secondary N) is 3. The van der Waals surface area contributed by atoms with Gasteiger partial charge in [-0.1, -0.05) is 0 Å². The van der Waals surface area contributed by atoms with E-state index in [9.17, 15) is 13.2 Å². The SMILES string of the molecule is CN=C(NCCNc1nccc(C(F)(F)F)n1)NC(C)(C)C. The Morgan fingerprint density at radius 1 is 1.23 bits per heavy atom. The maximum atomic E-state index is 12.5. The summed E-state index contributed by atoms with van der Waals surface area (Å²) < 4.78 is 37.5. The van der Waals surface area contributed by atoms with Gasteiger partial charge >= 0.3 is 6.18 Å². The van der Waals surface area contributed by atoms with E-state index in [-0.39, 0.29) is 11.5 Å². The Balaban J connectivity index is 2.45. The minimum Gasteiger partial charge on any atom is -0.355 e. The Kier molecular flexibility index (Phi) is 5.95. The van der Waals surface area contributed by atoms with Crippen LogP contribution in [0.1, 0.15) is 26.5 Å². The number of hydrogen-bond donors (Lipinski definition) is 3. The molecular weight excluding hydrogens is 297 g/mol. The summed E-state index contributed by atoms with van der Waals surface area (Å²) in [5, 5.41) is 8.94. The molecule has 1 aromatic rings. The summed E-state index contributed by atoms with van der Waals surface area (Å²) in [5.41, 5.74) is -1.11. The normalized spacial score (nSPS) is 13.0. The molecule has 0 saturated carbocycles. The minimum absolute atomic E-state index is 0.0598. The van der Waals surface area contributed by atoms with Gasteiger partial charge in [0.05, 0.1) is 0 Å². The summed E-state index contributed by atoms with van der Waals surface area (Å²) in [6.07, 6.45) is -3.40. The molecule has 0 aliphatic heterocycles. The zero-order valence-electron chi connectivity index (χ0n) is 13.0. The largest absolute Gasteiger partial charge is 0.433 e. The lowest BCUT2D eigenvalue weighted by atomic mass is 10.1. The summed E-state index contributed by atoms with van der Waals surface area (Å²) in [7, 11) is 1.64. The average molecular weight is 318 g/mol. The van der Waals surface area contributed by atoms with Crippen molar-refractivity contribution in [3.05, 3.63) is 18.0 Å². The van der Waals surface area contributed by atoms with Crippen LogP contribution in [0, 0.1) is 0 Å². The van der Waals surface area contributed by atoms with E-state index >= 15 is 0 Å². The van der Waals surface area contributed by atoms with Gasteiger partial charge in [0.15, 0.2) is 5.96 Å². The van der Waals surface area contributed by atoms with E-state index in [0.717, 1.165) is 12.3 Å². The van der Waals surface area contributed by atoms with Crippen molar-refractivity contribution in [3.8, 4) is 0 Å². The average Bonchev–Trinajstić information content (AvgIpc) is 2.40. The third-order valence-electron chi connectivity index (χ3n) is 2.36. The standard InChI is InChI=1S/C13H21F3N6/c1-12(2,3)22-10(17-4)19-7-8-20-11-18-6-5-9(21-11)13(14,15)16/h5-6H,7-8H2,1-4H3,(H2,17,19,22)(H,18,20,21). The van der Waals surface area contributed by atoms with Crippen molar-refractivity contribution in [1.29, 1.82) is 0 Å². The van der Waals surface area contributed by atoms with Gasteiger partial charge in [-0.25, -0.2) is 9.97 Å². The highest BCUT2D eigenvalue weighted by atomic mass is 19.4. The van der Waals surface area contributed by atoms with Crippen LogP contribution >= 0.6 is 0 Å². The quantitative estimate of drug-likeness (QED) is 0.449. The first-order valence-electron chi connectivity index (χ1n) is 6.75. The third kappa shape index (κ3) is 6.59. The second kappa shape index (κ2) is 7.28. The molecule has 1 heterocycles. The second-order valence-corrected chi connectivity index (χ2v) is 5.56. The number of guanidine groups is 1. The molecule has 0 amide bonds. The predicted molar refractivity (Wildman–Crippen MR) is 79.8 cm³/mol. The number of alkyl halides is 3. The van der Waals surface area contributed by atoms with Crippen LogP contribution in [0.4, 0.5) is 19.1 Å². The number of aliphatic imine (C=N–C) groups is 1.